The number of rotatable bonds is 6. The zero-order valence-corrected chi connectivity index (χ0v) is 19.7. The highest BCUT2D eigenvalue weighted by Crippen LogP contribution is 2.41. The van der Waals surface area contributed by atoms with E-state index >= 15 is 0 Å². The van der Waals surface area contributed by atoms with Gasteiger partial charge in [-0.25, -0.2) is 14.3 Å². The molecule has 5 aromatic rings. The van der Waals surface area contributed by atoms with Crippen molar-refractivity contribution in [1.29, 1.82) is 0 Å². The third kappa shape index (κ3) is 4.43. The molecule has 0 aliphatic carbocycles. The number of nitrogens with zero attached hydrogens (tertiary/aromatic N) is 2. The van der Waals surface area contributed by atoms with Crippen molar-refractivity contribution in [3.8, 4) is 22.3 Å². The molecule has 0 fully saturated rings. The van der Waals surface area contributed by atoms with Gasteiger partial charge >= 0.3 is 0 Å². The van der Waals surface area contributed by atoms with E-state index in [4.69, 9.17) is 21.7 Å². The first-order valence-corrected chi connectivity index (χ1v) is 12.3. The summed E-state index contributed by atoms with van der Waals surface area (Å²) in [7, 11) is -1.54. The first-order valence-electron chi connectivity index (χ1n) is 10.7. The van der Waals surface area contributed by atoms with Crippen LogP contribution < -0.4 is 10.5 Å². The fourth-order valence-corrected chi connectivity index (χ4v) is 4.73. The van der Waals surface area contributed by atoms with Gasteiger partial charge in [0.15, 0.2) is 0 Å². The Morgan fingerprint density at radius 3 is 2.32 bits per heavy atom. The third-order valence-electron chi connectivity index (χ3n) is 5.61. The van der Waals surface area contributed by atoms with E-state index < -0.39 is 11.0 Å². The molecule has 5 rings (SSSR count). The van der Waals surface area contributed by atoms with Gasteiger partial charge in [0.25, 0.3) is 0 Å². The Balaban J connectivity index is 1.71. The lowest BCUT2D eigenvalue weighted by molar-refractivity contribution is 0.684. The summed E-state index contributed by atoms with van der Waals surface area (Å²) in [6.07, 6.45) is 1.77. The van der Waals surface area contributed by atoms with E-state index in [-0.39, 0.29) is 0 Å². The maximum atomic E-state index is 11.6. The summed E-state index contributed by atoms with van der Waals surface area (Å²) in [5, 5.41) is 11.3. The number of halogens is 1. The van der Waals surface area contributed by atoms with Gasteiger partial charge in [-0.05, 0) is 46.3 Å². The molecule has 5 nitrogen and oxygen atoms in total. The first kappa shape index (κ1) is 22.2. The molecule has 0 saturated carbocycles. The Bertz CT molecular complexity index is 1480. The second-order valence-electron chi connectivity index (χ2n) is 7.72. The number of aromatic nitrogens is 2. The Morgan fingerprint density at radius 1 is 0.853 bits per heavy atom. The molecule has 34 heavy (non-hydrogen) atoms. The van der Waals surface area contributed by atoms with Crippen molar-refractivity contribution < 1.29 is 4.21 Å². The molecule has 0 radical (unpaired) electrons. The molecule has 0 spiro atoms. The number of pyridine rings is 2. The van der Waals surface area contributed by atoms with E-state index in [1.54, 1.807) is 18.3 Å². The van der Waals surface area contributed by atoms with Crippen LogP contribution in [-0.4, -0.2) is 14.2 Å². The van der Waals surface area contributed by atoms with Crippen molar-refractivity contribution in [3.05, 3.63) is 108 Å². The van der Waals surface area contributed by atoms with Crippen LogP contribution in [0.3, 0.4) is 0 Å². The maximum Gasteiger partial charge on any atom is 0.139 e. The number of anilines is 1. The lowest BCUT2D eigenvalue weighted by atomic mass is 9.94. The molecule has 0 amide bonds. The van der Waals surface area contributed by atoms with Crippen LogP contribution in [0.15, 0.2) is 102 Å². The number of hydrogen-bond acceptors (Lipinski definition) is 4. The number of hydrogen-bond donors (Lipinski definition) is 2. The van der Waals surface area contributed by atoms with Crippen molar-refractivity contribution in [3.63, 3.8) is 0 Å². The van der Waals surface area contributed by atoms with Gasteiger partial charge in [0.1, 0.15) is 22.0 Å². The molecule has 1 unspecified atom stereocenters. The van der Waals surface area contributed by atoms with Gasteiger partial charge in [-0.2, -0.15) is 0 Å². The summed E-state index contributed by atoms with van der Waals surface area (Å²) in [5.41, 5.74) is 4.72. The number of benzene rings is 3. The zero-order chi connectivity index (χ0) is 23.5. The molecule has 3 aromatic carbocycles. The number of nitrogens with one attached hydrogen (secondary N) is 1. The highest BCUT2D eigenvalue weighted by Gasteiger charge is 2.18. The van der Waals surface area contributed by atoms with Crippen LogP contribution in [0.4, 0.5) is 5.82 Å². The largest absolute Gasteiger partial charge is 0.364 e. The van der Waals surface area contributed by atoms with E-state index in [1.165, 1.54) is 0 Å². The van der Waals surface area contributed by atoms with Crippen LogP contribution in [-0.2, 0) is 17.5 Å². The van der Waals surface area contributed by atoms with E-state index in [0.29, 0.717) is 22.4 Å². The maximum absolute atomic E-state index is 11.6. The predicted molar refractivity (Wildman–Crippen MR) is 140 cm³/mol. The van der Waals surface area contributed by atoms with Crippen molar-refractivity contribution >= 4 is 39.2 Å². The van der Waals surface area contributed by atoms with Gasteiger partial charge in [0.2, 0.25) is 0 Å². The SMILES string of the molecule is NS(=O)c1ccc(-c2c(Cl)nc(NCc3ccccn3)c3c(-c4ccccc4)cccc23)cc1. The van der Waals surface area contributed by atoms with Crippen molar-refractivity contribution in [2.45, 2.75) is 11.4 Å². The second kappa shape index (κ2) is 9.73. The van der Waals surface area contributed by atoms with Crippen LogP contribution >= 0.6 is 11.6 Å². The molecule has 2 heterocycles. The van der Waals surface area contributed by atoms with Gasteiger partial charge < -0.3 is 5.32 Å². The Labute approximate surface area is 205 Å². The molecule has 0 bridgehead atoms. The highest BCUT2D eigenvalue weighted by atomic mass is 35.5. The second-order valence-corrected chi connectivity index (χ2v) is 9.14. The average Bonchev–Trinajstić information content (AvgIpc) is 2.88. The smallest absolute Gasteiger partial charge is 0.139 e. The summed E-state index contributed by atoms with van der Waals surface area (Å²) in [4.78, 5) is 9.74. The number of fused-ring (bicyclic) bond motifs is 1. The summed E-state index contributed by atoms with van der Waals surface area (Å²) in [6, 6.07) is 29.4. The fraction of sp³-hybridized carbons (Fsp3) is 0.0370. The highest BCUT2D eigenvalue weighted by molar-refractivity contribution is 7.82. The standard InChI is InChI=1S/C27H21ClN4OS/c28-26-24(19-12-14-21(15-13-19)34(29)33)23-11-6-10-22(18-7-2-1-3-8-18)25(23)27(32-26)31-17-20-9-4-5-16-30-20/h1-16H,17,29H2,(H,31,32). The predicted octanol–water partition coefficient (Wildman–Crippen LogP) is 6.21. The minimum absolute atomic E-state index is 0.378. The lowest BCUT2D eigenvalue weighted by Crippen LogP contribution is -2.05. The van der Waals surface area contributed by atoms with Crippen molar-refractivity contribution in [2.24, 2.45) is 5.14 Å². The normalized spacial score (nSPS) is 11.9. The van der Waals surface area contributed by atoms with Gasteiger partial charge in [0, 0.05) is 17.1 Å². The Hall–Kier alpha value is -3.58. The molecule has 0 saturated heterocycles. The monoisotopic (exact) mass is 484 g/mol. The lowest BCUT2D eigenvalue weighted by Gasteiger charge is -2.17. The van der Waals surface area contributed by atoms with Gasteiger partial charge in [0.05, 0.1) is 17.1 Å². The zero-order valence-electron chi connectivity index (χ0n) is 18.1. The average molecular weight is 485 g/mol. The van der Waals surface area contributed by atoms with Crippen molar-refractivity contribution in [2.75, 3.05) is 5.32 Å². The van der Waals surface area contributed by atoms with E-state index in [9.17, 15) is 4.21 Å². The molecule has 0 aliphatic heterocycles. The van der Waals surface area contributed by atoms with Gasteiger partial charge in [-0.1, -0.05) is 78.3 Å². The molecule has 1 atom stereocenters. The Kier molecular flexibility index (Phi) is 6.36. The van der Waals surface area contributed by atoms with Crippen LogP contribution in [0.5, 0.6) is 0 Å². The summed E-state index contributed by atoms with van der Waals surface area (Å²) in [5.74, 6) is 0.688. The minimum atomic E-state index is -1.54. The molecular formula is C27H21ClN4OS. The fourth-order valence-electron chi connectivity index (χ4n) is 4.03. The van der Waals surface area contributed by atoms with E-state index in [0.717, 1.165) is 38.7 Å². The van der Waals surface area contributed by atoms with Crippen LogP contribution in [0, 0.1) is 0 Å². The van der Waals surface area contributed by atoms with E-state index in [2.05, 4.69) is 28.5 Å². The van der Waals surface area contributed by atoms with Crippen molar-refractivity contribution in [1.82, 2.24) is 9.97 Å². The molecule has 168 valence electrons. The van der Waals surface area contributed by atoms with Crippen LogP contribution in [0.25, 0.3) is 33.0 Å². The summed E-state index contributed by atoms with van der Waals surface area (Å²) < 4.78 is 11.6. The summed E-state index contributed by atoms with van der Waals surface area (Å²) >= 11 is 6.77. The minimum Gasteiger partial charge on any atom is -0.364 e. The van der Waals surface area contributed by atoms with Crippen LogP contribution in [0.2, 0.25) is 5.15 Å². The molecule has 7 heteroatoms. The first-order chi connectivity index (χ1) is 16.6. The third-order valence-corrected chi connectivity index (χ3v) is 6.62. The quantitative estimate of drug-likeness (QED) is 0.281. The van der Waals surface area contributed by atoms with Gasteiger partial charge in [-0.15, -0.1) is 0 Å². The summed E-state index contributed by atoms with van der Waals surface area (Å²) in [6.45, 7) is 0.513. The molecule has 2 aromatic heterocycles. The van der Waals surface area contributed by atoms with E-state index in [1.807, 2.05) is 60.7 Å². The number of nitrogens with two attached hydrogens (primary N) is 1. The van der Waals surface area contributed by atoms with Crippen LogP contribution in [0.1, 0.15) is 5.69 Å². The Morgan fingerprint density at radius 2 is 1.62 bits per heavy atom. The topological polar surface area (TPSA) is 80.9 Å². The molecule has 0 aliphatic rings. The molecular weight excluding hydrogens is 464 g/mol. The molecule has 3 N–H and O–H groups in total. The van der Waals surface area contributed by atoms with Gasteiger partial charge in [-0.3, -0.25) is 4.98 Å².